The Balaban J connectivity index is 1.49. The predicted octanol–water partition coefficient (Wildman–Crippen LogP) is 3.86. The van der Waals surface area contributed by atoms with Crippen molar-refractivity contribution in [3.8, 4) is 11.5 Å². The monoisotopic (exact) mass is 566 g/mol. The molecule has 3 N–H and O–H groups in total. The van der Waals surface area contributed by atoms with E-state index >= 15 is 0 Å². The SMILES string of the molecule is CCOc1ccc(NC(=O)COc2ccc(/C=N\NC(=O)[C@@H](NS(=O)(=O)c3ccc(C)cc3)C(C)C)cc2)cc1. The van der Waals surface area contributed by atoms with Gasteiger partial charge in [-0.2, -0.15) is 9.82 Å². The average Bonchev–Trinajstić information content (AvgIpc) is 2.92. The summed E-state index contributed by atoms with van der Waals surface area (Å²) >= 11 is 0. The molecule has 0 aliphatic carbocycles. The van der Waals surface area contributed by atoms with Gasteiger partial charge in [0.05, 0.1) is 17.7 Å². The molecule has 11 heteroatoms. The van der Waals surface area contributed by atoms with Crippen molar-refractivity contribution in [2.24, 2.45) is 11.0 Å². The fourth-order valence-corrected chi connectivity index (χ4v) is 4.83. The molecule has 1 atom stereocenters. The van der Waals surface area contributed by atoms with Crippen molar-refractivity contribution in [2.45, 2.75) is 38.6 Å². The van der Waals surface area contributed by atoms with Gasteiger partial charge in [0.1, 0.15) is 17.5 Å². The van der Waals surface area contributed by atoms with Gasteiger partial charge in [0.15, 0.2) is 6.61 Å². The van der Waals surface area contributed by atoms with E-state index in [0.717, 1.165) is 11.3 Å². The summed E-state index contributed by atoms with van der Waals surface area (Å²) in [6.45, 7) is 7.63. The van der Waals surface area contributed by atoms with Crippen LogP contribution in [0.1, 0.15) is 31.9 Å². The molecule has 0 unspecified atom stereocenters. The lowest BCUT2D eigenvalue weighted by atomic mass is 10.1. The first-order valence-electron chi connectivity index (χ1n) is 12.7. The molecule has 0 radical (unpaired) electrons. The zero-order valence-corrected chi connectivity index (χ0v) is 23.7. The van der Waals surface area contributed by atoms with Crippen LogP contribution in [0.5, 0.6) is 11.5 Å². The second-order valence-electron chi connectivity index (χ2n) is 9.25. The molecule has 0 spiro atoms. The van der Waals surface area contributed by atoms with E-state index in [1.165, 1.54) is 18.3 Å². The van der Waals surface area contributed by atoms with E-state index in [0.29, 0.717) is 23.6 Å². The topological polar surface area (TPSA) is 135 Å². The van der Waals surface area contributed by atoms with Crippen LogP contribution in [-0.4, -0.2) is 45.7 Å². The number of hydrogen-bond donors (Lipinski definition) is 3. The fourth-order valence-electron chi connectivity index (χ4n) is 3.48. The number of amides is 2. The number of rotatable bonds is 13. The molecule has 0 aliphatic heterocycles. The van der Waals surface area contributed by atoms with Crippen molar-refractivity contribution >= 4 is 33.7 Å². The van der Waals surface area contributed by atoms with Gasteiger partial charge >= 0.3 is 0 Å². The maximum atomic E-state index is 12.7. The summed E-state index contributed by atoms with van der Waals surface area (Å²) in [4.78, 5) is 25.0. The Morgan fingerprint density at radius 2 is 1.50 bits per heavy atom. The number of carbonyl (C=O) groups is 2. The van der Waals surface area contributed by atoms with Gasteiger partial charge in [0.2, 0.25) is 10.0 Å². The van der Waals surface area contributed by atoms with Crippen LogP contribution < -0.4 is 24.9 Å². The summed E-state index contributed by atoms with van der Waals surface area (Å²) in [7, 11) is -3.89. The van der Waals surface area contributed by atoms with Crippen molar-refractivity contribution in [1.82, 2.24) is 10.1 Å². The smallest absolute Gasteiger partial charge is 0.262 e. The zero-order chi connectivity index (χ0) is 29.1. The molecule has 0 aliphatic rings. The van der Waals surface area contributed by atoms with Crippen LogP contribution in [-0.2, 0) is 19.6 Å². The number of anilines is 1. The second-order valence-corrected chi connectivity index (χ2v) is 11.0. The Bertz CT molecular complexity index is 1400. The lowest BCUT2D eigenvalue weighted by Crippen LogP contribution is -2.48. The van der Waals surface area contributed by atoms with E-state index in [2.05, 4.69) is 20.6 Å². The first-order chi connectivity index (χ1) is 19.1. The van der Waals surface area contributed by atoms with Crippen molar-refractivity contribution in [3.63, 3.8) is 0 Å². The maximum Gasteiger partial charge on any atom is 0.262 e. The highest BCUT2D eigenvalue weighted by atomic mass is 32.2. The Morgan fingerprint density at radius 1 is 0.900 bits per heavy atom. The van der Waals surface area contributed by atoms with Gasteiger partial charge in [-0.1, -0.05) is 31.5 Å². The van der Waals surface area contributed by atoms with Gasteiger partial charge < -0.3 is 14.8 Å². The number of ether oxygens (including phenoxy) is 2. The Hall–Kier alpha value is -4.22. The van der Waals surface area contributed by atoms with Gasteiger partial charge in [0, 0.05) is 5.69 Å². The number of carbonyl (C=O) groups excluding carboxylic acids is 2. The highest BCUT2D eigenvalue weighted by Crippen LogP contribution is 2.16. The highest BCUT2D eigenvalue weighted by Gasteiger charge is 2.28. The Labute approximate surface area is 234 Å². The van der Waals surface area contributed by atoms with E-state index in [1.54, 1.807) is 74.5 Å². The third-order valence-corrected chi connectivity index (χ3v) is 7.11. The van der Waals surface area contributed by atoms with Crippen LogP contribution in [0.2, 0.25) is 0 Å². The molecule has 0 saturated carbocycles. The molecule has 3 aromatic carbocycles. The molecule has 212 valence electrons. The van der Waals surface area contributed by atoms with Crippen LogP contribution in [0, 0.1) is 12.8 Å². The third-order valence-electron chi connectivity index (χ3n) is 5.65. The normalized spacial score (nSPS) is 12.2. The molecule has 0 saturated heterocycles. The number of nitrogens with zero attached hydrogens (tertiary/aromatic N) is 1. The van der Waals surface area contributed by atoms with E-state index in [1.807, 2.05) is 13.8 Å². The minimum absolute atomic E-state index is 0.0796. The van der Waals surface area contributed by atoms with E-state index < -0.39 is 22.0 Å². The number of benzene rings is 3. The van der Waals surface area contributed by atoms with E-state index in [4.69, 9.17) is 9.47 Å². The van der Waals surface area contributed by atoms with Crippen molar-refractivity contribution in [1.29, 1.82) is 0 Å². The molecule has 40 heavy (non-hydrogen) atoms. The zero-order valence-electron chi connectivity index (χ0n) is 22.9. The molecule has 0 fully saturated rings. The number of hydrazone groups is 1. The van der Waals surface area contributed by atoms with Gasteiger partial charge in [-0.3, -0.25) is 9.59 Å². The summed E-state index contributed by atoms with van der Waals surface area (Å²) in [5, 5.41) is 6.70. The first-order valence-corrected chi connectivity index (χ1v) is 14.2. The quantitative estimate of drug-likeness (QED) is 0.212. The molecule has 0 aromatic heterocycles. The molecular weight excluding hydrogens is 532 g/mol. The predicted molar refractivity (Wildman–Crippen MR) is 154 cm³/mol. The maximum absolute atomic E-state index is 12.7. The van der Waals surface area contributed by atoms with Crippen LogP contribution in [0.15, 0.2) is 82.8 Å². The van der Waals surface area contributed by atoms with Crippen LogP contribution in [0.4, 0.5) is 5.69 Å². The van der Waals surface area contributed by atoms with Crippen LogP contribution in [0.25, 0.3) is 0 Å². The first kappa shape index (κ1) is 30.3. The molecule has 0 bridgehead atoms. The van der Waals surface area contributed by atoms with E-state index in [-0.39, 0.29) is 23.3 Å². The van der Waals surface area contributed by atoms with Crippen LogP contribution in [0.3, 0.4) is 0 Å². The summed E-state index contributed by atoms with van der Waals surface area (Å²) in [6.07, 6.45) is 1.42. The molecule has 10 nitrogen and oxygen atoms in total. The van der Waals surface area contributed by atoms with Crippen LogP contribution >= 0.6 is 0 Å². The van der Waals surface area contributed by atoms with Crippen molar-refractivity contribution in [3.05, 3.63) is 83.9 Å². The Morgan fingerprint density at radius 3 is 2.10 bits per heavy atom. The summed E-state index contributed by atoms with van der Waals surface area (Å²) < 4.78 is 38.9. The molecule has 3 aromatic rings. The van der Waals surface area contributed by atoms with E-state index in [9.17, 15) is 18.0 Å². The highest BCUT2D eigenvalue weighted by molar-refractivity contribution is 7.89. The van der Waals surface area contributed by atoms with Gasteiger partial charge in [-0.15, -0.1) is 0 Å². The minimum Gasteiger partial charge on any atom is -0.494 e. The number of aryl methyl sites for hydroxylation is 1. The van der Waals surface area contributed by atoms with Gasteiger partial charge in [-0.25, -0.2) is 13.8 Å². The lowest BCUT2D eigenvalue weighted by molar-refractivity contribution is -0.123. The third kappa shape index (κ3) is 9.21. The summed E-state index contributed by atoms with van der Waals surface area (Å²) in [6, 6.07) is 19.1. The molecule has 2 amide bonds. The number of sulfonamides is 1. The largest absolute Gasteiger partial charge is 0.494 e. The average molecular weight is 567 g/mol. The fraction of sp³-hybridized carbons (Fsp3) is 0.276. The van der Waals surface area contributed by atoms with Gasteiger partial charge in [-0.05, 0) is 86.0 Å². The number of hydrogen-bond acceptors (Lipinski definition) is 7. The summed E-state index contributed by atoms with van der Waals surface area (Å²) in [5.74, 6) is -0.00929. The Kier molecular flexibility index (Phi) is 10.8. The van der Waals surface area contributed by atoms with Crippen molar-refractivity contribution in [2.75, 3.05) is 18.5 Å². The molecular formula is C29H34N4O6S. The van der Waals surface area contributed by atoms with Crippen molar-refractivity contribution < 1.29 is 27.5 Å². The summed E-state index contributed by atoms with van der Waals surface area (Å²) in [5.41, 5.74) is 4.62. The van der Waals surface area contributed by atoms with Gasteiger partial charge in [0.25, 0.3) is 11.8 Å². The standard InChI is InChI=1S/C29H34N4O6S/c1-5-38-24-14-10-23(11-15-24)31-27(34)19-39-25-12-8-22(9-13-25)18-30-32-29(35)28(20(2)3)33-40(36,37)26-16-6-21(4)7-17-26/h6-18,20,28,33H,5,19H2,1-4H3,(H,31,34)(H,32,35)/b30-18-/t28-/m0/s1. The second kappa shape index (κ2) is 14.2. The minimum atomic E-state index is -3.89. The number of nitrogens with one attached hydrogen (secondary N) is 3. The molecule has 0 heterocycles. The lowest BCUT2D eigenvalue weighted by Gasteiger charge is -2.20. The molecule has 3 rings (SSSR count).